The Labute approximate surface area is 107 Å². The van der Waals surface area contributed by atoms with Crippen molar-refractivity contribution in [2.75, 3.05) is 24.5 Å². The van der Waals surface area contributed by atoms with E-state index in [2.05, 4.69) is 46.4 Å². The zero-order chi connectivity index (χ0) is 12.6. The lowest BCUT2D eigenvalue weighted by molar-refractivity contribution is 0.353. The van der Waals surface area contributed by atoms with Crippen LogP contribution in [0.3, 0.4) is 0 Å². The monoisotopic (exact) mass is 242 g/mol. The predicted octanol–water partition coefficient (Wildman–Crippen LogP) is 1.82. The molecule has 0 aliphatic carbocycles. The highest BCUT2D eigenvalue weighted by molar-refractivity contribution is 5.90. The van der Waals surface area contributed by atoms with Crippen LogP contribution in [0.4, 0.5) is 5.69 Å². The molecule has 1 aromatic heterocycles. The maximum atomic E-state index is 4.18. The van der Waals surface area contributed by atoms with E-state index < -0.39 is 0 Å². The Bertz CT molecular complexity index is 559. The third kappa shape index (κ3) is 2.04. The van der Waals surface area contributed by atoms with Crippen LogP contribution in [0.5, 0.6) is 0 Å². The van der Waals surface area contributed by atoms with Crippen LogP contribution in [0, 0.1) is 0 Å². The quantitative estimate of drug-likeness (QED) is 0.828. The number of nitrogens with one attached hydrogen (secondary N) is 1. The van der Waals surface area contributed by atoms with Crippen molar-refractivity contribution in [2.24, 2.45) is 0 Å². The van der Waals surface area contributed by atoms with Gasteiger partial charge in [0.05, 0.1) is 17.4 Å². The number of piperazine rings is 1. The Morgan fingerprint density at radius 1 is 1.28 bits per heavy atom. The summed E-state index contributed by atoms with van der Waals surface area (Å²) < 4.78 is 0. The molecule has 1 aromatic carbocycles. The summed E-state index contributed by atoms with van der Waals surface area (Å²) in [6.07, 6.45) is 1.88. The van der Waals surface area contributed by atoms with Crippen molar-refractivity contribution in [2.45, 2.75) is 19.4 Å². The molecule has 0 radical (unpaired) electrons. The zero-order valence-corrected chi connectivity index (χ0v) is 10.8. The van der Waals surface area contributed by atoms with Gasteiger partial charge >= 0.3 is 0 Å². The lowest BCUT2D eigenvalue weighted by Gasteiger charge is -2.40. The molecule has 1 fully saturated rings. The van der Waals surface area contributed by atoms with Crippen LogP contribution in [0.1, 0.15) is 13.8 Å². The number of nitrogens with zero attached hydrogens (tertiary/aromatic N) is 3. The molecular weight excluding hydrogens is 224 g/mol. The second-order valence-electron chi connectivity index (χ2n) is 5.48. The maximum Gasteiger partial charge on any atom is 0.0950 e. The van der Waals surface area contributed by atoms with E-state index in [4.69, 9.17) is 0 Å². The van der Waals surface area contributed by atoms with Gasteiger partial charge in [0, 0.05) is 30.6 Å². The Morgan fingerprint density at radius 2 is 2.11 bits per heavy atom. The minimum Gasteiger partial charge on any atom is -0.367 e. The standard InChI is InChI=1S/C14H18N4/c1-14(2)10-18(8-7-15-14)13-9-16-17-12-6-4-3-5-11(12)13/h3-6,9,15H,7-8,10H2,1-2H3. The SMILES string of the molecule is CC1(C)CN(c2cnnc3ccccc23)CCN1. The Kier molecular flexibility index (Phi) is 2.67. The summed E-state index contributed by atoms with van der Waals surface area (Å²) in [4.78, 5) is 2.40. The highest BCUT2D eigenvalue weighted by atomic mass is 15.2. The van der Waals surface area contributed by atoms with E-state index in [-0.39, 0.29) is 5.54 Å². The molecule has 0 bridgehead atoms. The first kappa shape index (κ1) is 11.4. The molecule has 18 heavy (non-hydrogen) atoms. The van der Waals surface area contributed by atoms with Gasteiger partial charge in [-0.05, 0) is 19.9 Å². The topological polar surface area (TPSA) is 41.1 Å². The fourth-order valence-electron chi connectivity index (χ4n) is 2.59. The van der Waals surface area contributed by atoms with Crippen LogP contribution in [0.2, 0.25) is 0 Å². The van der Waals surface area contributed by atoms with Gasteiger partial charge in [-0.1, -0.05) is 18.2 Å². The molecule has 1 N–H and O–H groups in total. The molecule has 4 heteroatoms. The van der Waals surface area contributed by atoms with Crippen molar-refractivity contribution in [1.82, 2.24) is 15.5 Å². The fourth-order valence-corrected chi connectivity index (χ4v) is 2.59. The largest absolute Gasteiger partial charge is 0.367 e. The number of hydrogen-bond donors (Lipinski definition) is 1. The Hall–Kier alpha value is -1.68. The van der Waals surface area contributed by atoms with Gasteiger partial charge in [0.15, 0.2) is 0 Å². The Balaban J connectivity index is 2.04. The lowest BCUT2D eigenvalue weighted by atomic mass is 10.0. The second kappa shape index (κ2) is 4.21. The van der Waals surface area contributed by atoms with Gasteiger partial charge < -0.3 is 10.2 Å². The first-order chi connectivity index (χ1) is 8.66. The van der Waals surface area contributed by atoms with Crippen LogP contribution in [0.15, 0.2) is 30.5 Å². The first-order valence-electron chi connectivity index (χ1n) is 6.36. The predicted molar refractivity (Wildman–Crippen MR) is 73.8 cm³/mol. The number of hydrogen-bond acceptors (Lipinski definition) is 4. The summed E-state index contributed by atoms with van der Waals surface area (Å²) in [7, 11) is 0. The third-order valence-electron chi connectivity index (χ3n) is 3.44. The van der Waals surface area contributed by atoms with Crippen molar-refractivity contribution in [3.8, 4) is 0 Å². The van der Waals surface area contributed by atoms with E-state index in [9.17, 15) is 0 Å². The average molecular weight is 242 g/mol. The van der Waals surface area contributed by atoms with Crippen molar-refractivity contribution in [1.29, 1.82) is 0 Å². The van der Waals surface area contributed by atoms with Gasteiger partial charge in [-0.15, -0.1) is 0 Å². The number of benzene rings is 1. The molecule has 3 rings (SSSR count). The number of anilines is 1. The van der Waals surface area contributed by atoms with E-state index in [1.807, 2.05) is 18.3 Å². The van der Waals surface area contributed by atoms with Gasteiger partial charge in [0.2, 0.25) is 0 Å². The van der Waals surface area contributed by atoms with Gasteiger partial charge in [-0.25, -0.2) is 0 Å². The minimum atomic E-state index is 0.141. The van der Waals surface area contributed by atoms with Crippen LogP contribution < -0.4 is 10.2 Å². The van der Waals surface area contributed by atoms with E-state index >= 15 is 0 Å². The second-order valence-corrected chi connectivity index (χ2v) is 5.48. The summed E-state index contributed by atoms with van der Waals surface area (Å²) in [6, 6.07) is 8.19. The molecule has 2 heterocycles. The molecule has 1 saturated heterocycles. The molecule has 0 spiro atoms. The highest BCUT2D eigenvalue weighted by Crippen LogP contribution is 2.26. The molecule has 1 aliphatic rings. The smallest absolute Gasteiger partial charge is 0.0950 e. The molecule has 0 unspecified atom stereocenters. The summed E-state index contributed by atoms with van der Waals surface area (Å²) in [5.41, 5.74) is 2.30. The maximum absolute atomic E-state index is 4.18. The van der Waals surface area contributed by atoms with Crippen LogP contribution in [-0.2, 0) is 0 Å². The molecule has 2 aromatic rings. The average Bonchev–Trinajstić information content (AvgIpc) is 2.37. The molecule has 4 nitrogen and oxygen atoms in total. The Morgan fingerprint density at radius 3 is 2.94 bits per heavy atom. The van der Waals surface area contributed by atoms with E-state index in [0.29, 0.717) is 0 Å². The summed E-state index contributed by atoms with van der Waals surface area (Å²) >= 11 is 0. The fraction of sp³-hybridized carbons (Fsp3) is 0.429. The molecule has 0 amide bonds. The van der Waals surface area contributed by atoms with Crippen molar-refractivity contribution >= 4 is 16.6 Å². The highest BCUT2D eigenvalue weighted by Gasteiger charge is 2.26. The first-order valence-corrected chi connectivity index (χ1v) is 6.36. The summed E-state index contributed by atoms with van der Waals surface area (Å²) in [5.74, 6) is 0. The zero-order valence-electron chi connectivity index (χ0n) is 10.8. The van der Waals surface area contributed by atoms with Crippen molar-refractivity contribution in [3.05, 3.63) is 30.5 Å². The normalized spacial score (nSPS) is 19.1. The lowest BCUT2D eigenvalue weighted by Crippen LogP contribution is -2.57. The third-order valence-corrected chi connectivity index (χ3v) is 3.44. The van der Waals surface area contributed by atoms with Crippen LogP contribution in [0.25, 0.3) is 10.9 Å². The van der Waals surface area contributed by atoms with E-state index in [0.717, 1.165) is 25.2 Å². The van der Waals surface area contributed by atoms with Crippen LogP contribution in [-0.4, -0.2) is 35.4 Å². The molecule has 0 saturated carbocycles. The number of aromatic nitrogens is 2. The minimum absolute atomic E-state index is 0.141. The van der Waals surface area contributed by atoms with Gasteiger partial charge in [-0.2, -0.15) is 10.2 Å². The number of fused-ring (bicyclic) bond motifs is 1. The molecular formula is C14H18N4. The molecule has 94 valence electrons. The summed E-state index contributed by atoms with van der Waals surface area (Å²) in [6.45, 7) is 7.47. The van der Waals surface area contributed by atoms with Gasteiger partial charge in [0.1, 0.15) is 0 Å². The van der Waals surface area contributed by atoms with Crippen molar-refractivity contribution < 1.29 is 0 Å². The summed E-state index contributed by atoms with van der Waals surface area (Å²) in [5, 5.41) is 13.0. The van der Waals surface area contributed by atoms with Crippen LogP contribution >= 0.6 is 0 Å². The van der Waals surface area contributed by atoms with Gasteiger partial charge in [-0.3, -0.25) is 0 Å². The molecule has 1 aliphatic heterocycles. The van der Waals surface area contributed by atoms with Gasteiger partial charge in [0.25, 0.3) is 0 Å². The molecule has 0 atom stereocenters. The number of rotatable bonds is 1. The van der Waals surface area contributed by atoms with E-state index in [1.165, 1.54) is 11.1 Å². The van der Waals surface area contributed by atoms with Crippen molar-refractivity contribution in [3.63, 3.8) is 0 Å². The van der Waals surface area contributed by atoms with E-state index in [1.54, 1.807) is 0 Å².